The van der Waals surface area contributed by atoms with Crippen molar-refractivity contribution in [1.29, 1.82) is 0 Å². The van der Waals surface area contributed by atoms with Gasteiger partial charge in [0.05, 0.1) is 6.04 Å². The Hall–Kier alpha value is -1.01. The second kappa shape index (κ2) is 5.96. The molecule has 106 valence electrons. The Morgan fingerprint density at radius 1 is 1.32 bits per heavy atom. The third-order valence-corrected chi connectivity index (χ3v) is 5.03. The number of nitrogens with zero attached hydrogens (tertiary/aromatic N) is 3. The van der Waals surface area contributed by atoms with E-state index in [9.17, 15) is 9.90 Å². The van der Waals surface area contributed by atoms with E-state index in [0.29, 0.717) is 5.92 Å². The second-order valence-electron chi connectivity index (χ2n) is 5.40. The van der Waals surface area contributed by atoms with Gasteiger partial charge in [-0.05, 0) is 26.3 Å². The lowest BCUT2D eigenvalue weighted by molar-refractivity contribution is -0.145. The summed E-state index contributed by atoms with van der Waals surface area (Å²) in [5.74, 6) is -0.352. The van der Waals surface area contributed by atoms with Crippen LogP contribution in [0, 0.1) is 0 Å². The molecule has 1 aliphatic rings. The molecule has 1 aromatic rings. The predicted molar refractivity (Wildman–Crippen MR) is 74.4 cm³/mol. The van der Waals surface area contributed by atoms with Gasteiger partial charge >= 0.3 is 5.97 Å². The maximum absolute atomic E-state index is 11.3. The van der Waals surface area contributed by atoms with Gasteiger partial charge in [0.1, 0.15) is 16.1 Å². The molecule has 6 heteroatoms. The summed E-state index contributed by atoms with van der Waals surface area (Å²) in [6.07, 6.45) is 2.78. The smallest absolute Gasteiger partial charge is 0.320 e. The van der Waals surface area contributed by atoms with E-state index in [1.54, 1.807) is 11.3 Å². The molecule has 5 nitrogen and oxygen atoms in total. The molecule has 1 saturated heterocycles. The molecule has 0 amide bonds. The molecular weight excluding hydrogens is 262 g/mol. The summed E-state index contributed by atoms with van der Waals surface area (Å²) >= 11 is 1.60. The summed E-state index contributed by atoms with van der Waals surface area (Å²) in [5, 5.41) is 19.7. The molecule has 0 saturated carbocycles. The van der Waals surface area contributed by atoms with Crippen molar-refractivity contribution in [2.75, 3.05) is 6.54 Å². The van der Waals surface area contributed by atoms with Gasteiger partial charge in [0, 0.05) is 5.92 Å². The SMILES string of the molecule is CC(C)c1nnc([C@H](C)N2CCCC[C@H]2C(=O)O)s1. The van der Waals surface area contributed by atoms with E-state index in [-0.39, 0.29) is 12.1 Å². The number of carboxylic acid groups (broad SMARTS) is 1. The van der Waals surface area contributed by atoms with Crippen LogP contribution >= 0.6 is 11.3 Å². The Balaban J connectivity index is 2.16. The van der Waals surface area contributed by atoms with Crippen molar-refractivity contribution in [1.82, 2.24) is 15.1 Å². The Labute approximate surface area is 117 Å². The Bertz CT molecular complexity index is 447. The minimum Gasteiger partial charge on any atom is -0.480 e. The first-order valence-electron chi connectivity index (χ1n) is 6.82. The van der Waals surface area contributed by atoms with Crippen LogP contribution in [0.5, 0.6) is 0 Å². The van der Waals surface area contributed by atoms with Crippen molar-refractivity contribution < 1.29 is 9.90 Å². The van der Waals surface area contributed by atoms with Crippen molar-refractivity contribution in [3.05, 3.63) is 10.0 Å². The highest BCUT2D eigenvalue weighted by Crippen LogP contribution is 2.31. The van der Waals surface area contributed by atoms with Crippen molar-refractivity contribution in [3.8, 4) is 0 Å². The van der Waals surface area contributed by atoms with Gasteiger partial charge in [0.15, 0.2) is 0 Å². The quantitative estimate of drug-likeness (QED) is 0.920. The highest BCUT2D eigenvalue weighted by atomic mass is 32.1. The van der Waals surface area contributed by atoms with Crippen molar-refractivity contribution in [3.63, 3.8) is 0 Å². The van der Waals surface area contributed by atoms with E-state index >= 15 is 0 Å². The zero-order chi connectivity index (χ0) is 14.0. The number of aliphatic carboxylic acids is 1. The zero-order valence-electron chi connectivity index (χ0n) is 11.7. The van der Waals surface area contributed by atoms with Crippen LogP contribution < -0.4 is 0 Å². The van der Waals surface area contributed by atoms with Crippen LogP contribution in [0.25, 0.3) is 0 Å². The van der Waals surface area contributed by atoms with Crippen molar-refractivity contribution in [2.24, 2.45) is 0 Å². The molecular formula is C13H21N3O2S. The Morgan fingerprint density at radius 3 is 2.58 bits per heavy atom. The van der Waals surface area contributed by atoms with Gasteiger partial charge in [-0.15, -0.1) is 10.2 Å². The number of likely N-dealkylation sites (tertiary alicyclic amines) is 1. The van der Waals surface area contributed by atoms with Crippen LogP contribution in [0.3, 0.4) is 0 Å². The predicted octanol–water partition coefficient (Wildman–Crippen LogP) is 2.66. The van der Waals surface area contributed by atoms with Crippen LogP contribution in [0.15, 0.2) is 0 Å². The Morgan fingerprint density at radius 2 is 2.00 bits per heavy atom. The number of piperidine rings is 1. The Kier molecular flexibility index (Phi) is 4.52. The third kappa shape index (κ3) is 3.12. The average molecular weight is 283 g/mol. The number of hydrogen-bond donors (Lipinski definition) is 1. The van der Waals surface area contributed by atoms with Gasteiger partial charge < -0.3 is 5.11 Å². The van der Waals surface area contributed by atoms with E-state index in [0.717, 1.165) is 35.8 Å². The molecule has 0 spiro atoms. The van der Waals surface area contributed by atoms with Crippen LogP contribution in [-0.4, -0.2) is 38.8 Å². The third-order valence-electron chi connectivity index (χ3n) is 3.63. The fourth-order valence-corrected chi connectivity index (χ4v) is 3.39. The fraction of sp³-hybridized carbons (Fsp3) is 0.769. The normalized spacial score (nSPS) is 22.6. The first kappa shape index (κ1) is 14.4. The number of carboxylic acids is 1. The summed E-state index contributed by atoms with van der Waals surface area (Å²) in [6.45, 7) is 7.05. The highest BCUT2D eigenvalue weighted by molar-refractivity contribution is 7.11. The monoisotopic (exact) mass is 283 g/mol. The average Bonchev–Trinajstić information content (AvgIpc) is 2.87. The lowest BCUT2D eigenvalue weighted by Gasteiger charge is -2.36. The molecule has 0 radical (unpaired) electrons. The first-order valence-corrected chi connectivity index (χ1v) is 7.64. The lowest BCUT2D eigenvalue weighted by Crippen LogP contribution is -2.45. The second-order valence-corrected chi connectivity index (χ2v) is 6.44. The van der Waals surface area contributed by atoms with E-state index in [2.05, 4.69) is 28.9 Å². The van der Waals surface area contributed by atoms with Crippen LogP contribution in [0.1, 0.15) is 62.0 Å². The molecule has 19 heavy (non-hydrogen) atoms. The topological polar surface area (TPSA) is 66.3 Å². The summed E-state index contributed by atoms with van der Waals surface area (Å²) in [5.41, 5.74) is 0. The number of rotatable bonds is 4. The molecule has 1 aliphatic heterocycles. The maximum atomic E-state index is 11.3. The number of carbonyl (C=O) groups is 1. The summed E-state index contributed by atoms with van der Waals surface area (Å²) in [7, 11) is 0. The first-order chi connectivity index (χ1) is 9.00. The molecule has 1 N–H and O–H groups in total. The van der Waals surface area contributed by atoms with Gasteiger partial charge in [-0.1, -0.05) is 31.6 Å². The minimum absolute atomic E-state index is 0.0337. The summed E-state index contributed by atoms with van der Waals surface area (Å²) in [6, 6.07) is -0.346. The molecule has 2 rings (SSSR count). The van der Waals surface area contributed by atoms with E-state index in [1.165, 1.54) is 0 Å². The van der Waals surface area contributed by atoms with Crippen LogP contribution in [0.2, 0.25) is 0 Å². The fourth-order valence-electron chi connectivity index (χ4n) is 2.47. The van der Waals surface area contributed by atoms with E-state index in [4.69, 9.17) is 0 Å². The number of hydrogen-bond acceptors (Lipinski definition) is 5. The van der Waals surface area contributed by atoms with E-state index in [1.807, 2.05) is 6.92 Å². The molecule has 1 fully saturated rings. The molecule has 0 aliphatic carbocycles. The minimum atomic E-state index is -0.722. The lowest BCUT2D eigenvalue weighted by atomic mass is 10.0. The molecule has 1 aromatic heterocycles. The van der Waals surface area contributed by atoms with Gasteiger partial charge in [-0.2, -0.15) is 0 Å². The molecule has 2 atom stereocenters. The van der Waals surface area contributed by atoms with Crippen LogP contribution in [-0.2, 0) is 4.79 Å². The zero-order valence-corrected chi connectivity index (χ0v) is 12.5. The number of aromatic nitrogens is 2. The molecule has 2 heterocycles. The maximum Gasteiger partial charge on any atom is 0.320 e. The van der Waals surface area contributed by atoms with Crippen LogP contribution in [0.4, 0.5) is 0 Å². The standard InChI is InChI=1S/C13H21N3O2S/c1-8(2)11-14-15-12(19-11)9(3)16-7-5-4-6-10(16)13(17)18/h8-10H,4-7H2,1-3H3,(H,17,18)/t9-,10-/m0/s1. The largest absolute Gasteiger partial charge is 0.480 e. The summed E-state index contributed by atoms with van der Waals surface area (Å²) < 4.78 is 0. The molecule has 0 unspecified atom stereocenters. The summed E-state index contributed by atoms with van der Waals surface area (Å²) in [4.78, 5) is 13.4. The van der Waals surface area contributed by atoms with Gasteiger partial charge in [-0.3, -0.25) is 9.69 Å². The van der Waals surface area contributed by atoms with E-state index < -0.39 is 5.97 Å². The van der Waals surface area contributed by atoms with Crippen molar-refractivity contribution in [2.45, 2.75) is 58.0 Å². The van der Waals surface area contributed by atoms with Crippen molar-refractivity contribution >= 4 is 17.3 Å². The molecule has 0 aromatic carbocycles. The van der Waals surface area contributed by atoms with Gasteiger partial charge in [0.2, 0.25) is 0 Å². The highest BCUT2D eigenvalue weighted by Gasteiger charge is 2.33. The van der Waals surface area contributed by atoms with Gasteiger partial charge in [0.25, 0.3) is 0 Å². The molecule has 0 bridgehead atoms. The van der Waals surface area contributed by atoms with Gasteiger partial charge in [-0.25, -0.2) is 0 Å².